The zero-order valence-electron chi connectivity index (χ0n) is 16.6. The molecule has 1 saturated heterocycles. The molecule has 6 heteroatoms. The van der Waals surface area contributed by atoms with Crippen molar-refractivity contribution in [2.45, 2.75) is 31.3 Å². The monoisotopic (exact) mass is 394 g/mol. The lowest BCUT2D eigenvalue weighted by Gasteiger charge is -2.31. The molecule has 6 nitrogen and oxygen atoms in total. The number of carbonyl (C=O) groups is 2. The van der Waals surface area contributed by atoms with E-state index in [-0.39, 0.29) is 12.2 Å². The summed E-state index contributed by atoms with van der Waals surface area (Å²) >= 11 is 0. The number of likely N-dealkylation sites (tertiary alicyclic amines) is 1. The Hall–Kier alpha value is -2.70. The molecule has 1 fully saturated rings. The highest BCUT2D eigenvalue weighted by Crippen LogP contribution is 2.43. The molecule has 4 rings (SSSR count). The molecule has 0 bridgehead atoms. The van der Waals surface area contributed by atoms with Gasteiger partial charge in [0, 0.05) is 11.1 Å². The Bertz CT molecular complexity index is 923. The number of hydrogen-bond acceptors (Lipinski definition) is 5. The number of fused-ring (bicyclic) bond motifs is 1. The molecule has 2 aromatic rings. The van der Waals surface area contributed by atoms with Crippen LogP contribution in [0.3, 0.4) is 0 Å². The predicted octanol–water partition coefficient (Wildman–Crippen LogP) is 2.95. The summed E-state index contributed by atoms with van der Waals surface area (Å²) in [5.41, 5.74) is -0.258. The van der Waals surface area contributed by atoms with Crippen LogP contribution >= 0.6 is 0 Å². The van der Waals surface area contributed by atoms with E-state index in [1.54, 1.807) is 41.3 Å². The van der Waals surface area contributed by atoms with Gasteiger partial charge in [-0.1, -0.05) is 36.8 Å². The molecule has 0 aromatic heterocycles. The third-order valence-electron chi connectivity index (χ3n) is 5.84. The Labute approximate surface area is 170 Å². The zero-order valence-corrected chi connectivity index (χ0v) is 16.6. The maximum absolute atomic E-state index is 13.3. The van der Waals surface area contributed by atoms with Crippen molar-refractivity contribution in [1.82, 2.24) is 4.90 Å². The maximum atomic E-state index is 13.3. The van der Waals surface area contributed by atoms with Crippen molar-refractivity contribution in [2.75, 3.05) is 31.8 Å². The van der Waals surface area contributed by atoms with Gasteiger partial charge in [0.15, 0.2) is 11.4 Å². The summed E-state index contributed by atoms with van der Waals surface area (Å²) in [6.45, 7) is 2.31. The first-order valence-electron chi connectivity index (χ1n) is 10.1. The standard InChI is InChI=1S/C23H26N2O4/c1-29-18-9-7-8-17(14-18)21(26)15-23(28)19-10-3-4-11-20(19)25(22(23)27)16-24-12-5-2-6-13-24/h3-4,7-11,14,28H,2,5-6,12-13,15-16H2,1H3/t23-/m0/s1. The third kappa shape index (κ3) is 3.66. The number of ether oxygens (including phenoxy) is 1. The quantitative estimate of drug-likeness (QED) is 0.763. The van der Waals surface area contributed by atoms with E-state index in [1.165, 1.54) is 13.5 Å². The van der Waals surface area contributed by atoms with Gasteiger partial charge in [-0.3, -0.25) is 19.4 Å². The summed E-state index contributed by atoms with van der Waals surface area (Å²) in [5, 5.41) is 11.4. The maximum Gasteiger partial charge on any atom is 0.265 e. The van der Waals surface area contributed by atoms with Crippen molar-refractivity contribution in [3.05, 3.63) is 59.7 Å². The van der Waals surface area contributed by atoms with Crippen molar-refractivity contribution in [3.8, 4) is 5.75 Å². The number of hydrogen-bond donors (Lipinski definition) is 1. The van der Waals surface area contributed by atoms with Crippen LogP contribution in [-0.4, -0.2) is 48.6 Å². The van der Waals surface area contributed by atoms with Crippen LogP contribution in [0.2, 0.25) is 0 Å². The van der Waals surface area contributed by atoms with E-state index in [4.69, 9.17) is 4.74 Å². The molecule has 0 unspecified atom stereocenters. The number of nitrogens with zero attached hydrogens (tertiary/aromatic N) is 2. The molecule has 0 aliphatic carbocycles. The van der Waals surface area contributed by atoms with Gasteiger partial charge in [-0.05, 0) is 44.1 Å². The van der Waals surface area contributed by atoms with Crippen molar-refractivity contribution in [2.24, 2.45) is 0 Å². The molecule has 1 amide bonds. The van der Waals surface area contributed by atoms with Crippen LogP contribution in [0.15, 0.2) is 48.5 Å². The molecule has 2 aliphatic heterocycles. The lowest BCUT2D eigenvalue weighted by atomic mass is 9.88. The number of methoxy groups -OCH3 is 1. The van der Waals surface area contributed by atoms with Gasteiger partial charge in [0.2, 0.25) is 0 Å². The van der Waals surface area contributed by atoms with Gasteiger partial charge in [0.25, 0.3) is 5.91 Å². The highest BCUT2D eigenvalue weighted by Gasteiger charge is 2.51. The smallest absolute Gasteiger partial charge is 0.265 e. The van der Waals surface area contributed by atoms with Crippen LogP contribution in [0, 0.1) is 0 Å². The van der Waals surface area contributed by atoms with Crippen LogP contribution in [-0.2, 0) is 10.4 Å². The summed E-state index contributed by atoms with van der Waals surface area (Å²) in [7, 11) is 1.53. The van der Waals surface area contributed by atoms with Crippen LogP contribution in [0.1, 0.15) is 41.6 Å². The van der Waals surface area contributed by atoms with Crippen molar-refractivity contribution >= 4 is 17.4 Å². The molecule has 152 valence electrons. The van der Waals surface area contributed by atoms with E-state index < -0.39 is 11.5 Å². The molecule has 2 aromatic carbocycles. The minimum atomic E-state index is -1.85. The zero-order chi connectivity index (χ0) is 20.4. The summed E-state index contributed by atoms with van der Waals surface area (Å²) in [5.74, 6) is -0.164. The largest absolute Gasteiger partial charge is 0.497 e. The van der Waals surface area contributed by atoms with Crippen molar-refractivity contribution < 1.29 is 19.4 Å². The highest BCUT2D eigenvalue weighted by molar-refractivity contribution is 6.10. The number of ketones is 1. The number of Topliss-reactive ketones (excluding diaryl/α,β-unsaturated/α-hetero) is 1. The molecule has 2 heterocycles. The van der Waals surface area contributed by atoms with Gasteiger partial charge in [-0.2, -0.15) is 0 Å². The lowest BCUT2D eigenvalue weighted by molar-refractivity contribution is -0.136. The van der Waals surface area contributed by atoms with Crippen LogP contribution in [0.5, 0.6) is 5.75 Å². The summed E-state index contributed by atoms with van der Waals surface area (Å²) in [4.78, 5) is 30.1. The number of anilines is 1. The van der Waals surface area contributed by atoms with Crippen LogP contribution in [0.4, 0.5) is 5.69 Å². The Morgan fingerprint density at radius 1 is 1.10 bits per heavy atom. The Morgan fingerprint density at radius 3 is 2.62 bits per heavy atom. The minimum absolute atomic E-state index is 0.297. The van der Waals surface area contributed by atoms with E-state index >= 15 is 0 Å². The van der Waals surface area contributed by atoms with Gasteiger partial charge in [-0.15, -0.1) is 0 Å². The lowest BCUT2D eigenvalue weighted by Crippen LogP contribution is -2.47. The first-order valence-corrected chi connectivity index (χ1v) is 10.1. The summed E-state index contributed by atoms with van der Waals surface area (Å²) < 4.78 is 5.18. The number of carbonyl (C=O) groups excluding carboxylic acids is 2. The topological polar surface area (TPSA) is 70.1 Å². The van der Waals surface area contributed by atoms with Crippen molar-refractivity contribution in [1.29, 1.82) is 0 Å². The third-order valence-corrected chi connectivity index (χ3v) is 5.84. The van der Waals surface area contributed by atoms with Gasteiger partial charge in [0.1, 0.15) is 5.75 Å². The number of rotatable bonds is 6. The average molecular weight is 394 g/mol. The van der Waals surface area contributed by atoms with Gasteiger partial charge < -0.3 is 9.84 Å². The fourth-order valence-electron chi connectivity index (χ4n) is 4.25. The average Bonchev–Trinajstić information content (AvgIpc) is 2.96. The number of amides is 1. The number of piperidine rings is 1. The number of benzene rings is 2. The van der Waals surface area contributed by atoms with E-state index in [9.17, 15) is 14.7 Å². The van der Waals surface area contributed by atoms with Crippen LogP contribution in [0.25, 0.3) is 0 Å². The molecule has 29 heavy (non-hydrogen) atoms. The predicted molar refractivity (Wildman–Crippen MR) is 110 cm³/mol. The molecule has 0 spiro atoms. The van der Waals surface area contributed by atoms with E-state index in [2.05, 4.69) is 4.90 Å². The second-order valence-corrected chi connectivity index (χ2v) is 7.76. The first-order chi connectivity index (χ1) is 14.0. The number of para-hydroxylation sites is 1. The second-order valence-electron chi connectivity index (χ2n) is 7.76. The summed E-state index contributed by atoms with van der Waals surface area (Å²) in [6, 6.07) is 14.0. The molecule has 1 N–H and O–H groups in total. The fraction of sp³-hybridized carbons (Fsp3) is 0.391. The second kappa shape index (κ2) is 7.97. The Balaban J connectivity index is 1.61. The van der Waals surface area contributed by atoms with E-state index in [0.717, 1.165) is 25.9 Å². The van der Waals surface area contributed by atoms with Gasteiger partial charge in [0.05, 0.1) is 25.9 Å². The molecule has 1 atom stereocenters. The molecule has 2 aliphatic rings. The van der Waals surface area contributed by atoms with E-state index in [0.29, 0.717) is 29.2 Å². The van der Waals surface area contributed by atoms with Gasteiger partial charge >= 0.3 is 0 Å². The molecular weight excluding hydrogens is 368 g/mol. The minimum Gasteiger partial charge on any atom is -0.497 e. The SMILES string of the molecule is COc1cccc(C(=O)C[C@@]2(O)C(=O)N(CN3CCCCC3)c3ccccc32)c1. The molecular formula is C23H26N2O4. The number of aliphatic hydroxyl groups is 1. The normalized spacial score (nSPS) is 21.9. The van der Waals surface area contributed by atoms with Crippen molar-refractivity contribution in [3.63, 3.8) is 0 Å². The molecule has 0 saturated carbocycles. The van der Waals surface area contributed by atoms with Gasteiger partial charge in [-0.25, -0.2) is 0 Å². The first kappa shape index (κ1) is 19.6. The Morgan fingerprint density at radius 2 is 1.86 bits per heavy atom. The molecule has 0 radical (unpaired) electrons. The summed E-state index contributed by atoms with van der Waals surface area (Å²) in [6.07, 6.45) is 3.14. The highest BCUT2D eigenvalue weighted by atomic mass is 16.5. The van der Waals surface area contributed by atoms with Crippen LogP contribution < -0.4 is 9.64 Å². The Kier molecular flexibility index (Phi) is 5.39. The fourth-order valence-corrected chi connectivity index (χ4v) is 4.25. The van der Waals surface area contributed by atoms with E-state index in [1.807, 2.05) is 12.1 Å².